The lowest BCUT2D eigenvalue weighted by Crippen LogP contribution is -1.93. The van der Waals surface area contributed by atoms with E-state index in [1.54, 1.807) is 6.07 Å². The van der Waals surface area contributed by atoms with E-state index >= 15 is 0 Å². The second kappa shape index (κ2) is 5.79. The normalized spacial score (nSPS) is 11.1. The smallest absolute Gasteiger partial charge is 0.216 e. The van der Waals surface area contributed by atoms with Gasteiger partial charge < -0.3 is 5.32 Å². The maximum absolute atomic E-state index is 8.97. The van der Waals surface area contributed by atoms with Crippen molar-refractivity contribution < 1.29 is 0 Å². The molecule has 0 spiro atoms. The van der Waals surface area contributed by atoms with Gasteiger partial charge in [0.2, 0.25) is 5.82 Å². The highest BCUT2D eigenvalue weighted by Gasteiger charge is 2.05. The molecule has 0 radical (unpaired) electrons. The van der Waals surface area contributed by atoms with Gasteiger partial charge >= 0.3 is 0 Å². The van der Waals surface area contributed by atoms with Crippen molar-refractivity contribution in [3.63, 3.8) is 0 Å². The Morgan fingerprint density at radius 3 is 3.00 bits per heavy atom. The Balaban J connectivity index is 2.19. The van der Waals surface area contributed by atoms with E-state index < -0.39 is 0 Å². The van der Waals surface area contributed by atoms with Gasteiger partial charge in [-0.25, -0.2) is 0 Å². The van der Waals surface area contributed by atoms with E-state index in [0.717, 1.165) is 9.26 Å². The molecule has 1 aromatic carbocycles. The molecule has 0 aliphatic carbocycles. The number of rotatable bonds is 3. The molecule has 0 saturated heterocycles. The Kier molecular flexibility index (Phi) is 4.11. The van der Waals surface area contributed by atoms with E-state index in [1.807, 2.05) is 18.2 Å². The fourth-order valence-corrected chi connectivity index (χ4v) is 1.68. The Morgan fingerprint density at radius 1 is 1.56 bits per heavy atom. The third-order valence-corrected chi connectivity index (χ3v) is 3.58. The van der Waals surface area contributed by atoms with Crippen molar-refractivity contribution in [2.45, 2.75) is 0 Å². The van der Waals surface area contributed by atoms with Crippen LogP contribution in [0.25, 0.3) is 5.57 Å². The summed E-state index contributed by atoms with van der Waals surface area (Å²) in [7, 11) is 0. The van der Waals surface area contributed by atoms with Crippen molar-refractivity contribution in [2.24, 2.45) is 0 Å². The average molecular weight is 373 g/mol. The largest absolute Gasteiger partial charge is 0.360 e. The Morgan fingerprint density at radius 2 is 2.39 bits per heavy atom. The van der Waals surface area contributed by atoms with E-state index in [0.29, 0.717) is 5.02 Å². The molecule has 0 amide bonds. The van der Waals surface area contributed by atoms with E-state index in [4.69, 9.17) is 16.9 Å². The lowest BCUT2D eigenvalue weighted by molar-refractivity contribution is 0.881. The third-order valence-electron chi connectivity index (χ3n) is 2.01. The van der Waals surface area contributed by atoms with Crippen LogP contribution < -0.4 is 5.32 Å². The molecule has 8 heteroatoms. The van der Waals surface area contributed by atoms with Crippen LogP contribution in [0.4, 0.5) is 5.69 Å². The number of hydrogen-bond acceptors (Lipinski definition) is 5. The summed E-state index contributed by atoms with van der Waals surface area (Å²) in [5.74, 6) is 0.238. The van der Waals surface area contributed by atoms with Gasteiger partial charge in [-0.05, 0) is 46.0 Å². The molecule has 0 aliphatic rings. The van der Waals surface area contributed by atoms with Crippen LogP contribution in [0.5, 0.6) is 0 Å². The summed E-state index contributed by atoms with van der Waals surface area (Å²) in [6.07, 6.45) is 1.50. The second-order valence-electron chi connectivity index (χ2n) is 3.18. The number of nitrogens with one attached hydrogen (secondary N) is 2. The SMILES string of the molecule is N#CC(=CNc1ccc(I)c(Cl)c1)c1nn[nH]n1. The summed E-state index contributed by atoms with van der Waals surface area (Å²) in [5, 5.41) is 25.7. The highest BCUT2D eigenvalue weighted by atomic mass is 127. The van der Waals surface area contributed by atoms with Gasteiger partial charge in [-0.2, -0.15) is 10.5 Å². The number of tetrazole rings is 1. The summed E-state index contributed by atoms with van der Waals surface area (Å²) in [6, 6.07) is 7.48. The minimum absolute atomic E-state index is 0.238. The molecule has 18 heavy (non-hydrogen) atoms. The van der Waals surface area contributed by atoms with Gasteiger partial charge in [-0.15, -0.1) is 10.2 Å². The molecular formula is C10H6ClIN6. The molecule has 0 aliphatic heterocycles. The zero-order valence-electron chi connectivity index (χ0n) is 8.85. The fraction of sp³-hybridized carbons (Fsp3) is 0. The molecule has 90 valence electrons. The first-order valence-electron chi connectivity index (χ1n) is 4.76. The lowest BCUT2D eigenvalue weighted by atomic mass is 10.3. The number of aromatic nitrogens is 4. The lowest BCUT2D eigenvalue weighted by Gasteiger charge is -2.02. The zero-order valence-corrected chi connectivity index (χ0v) is 11.8. The molecule has 1 aromatic heterocycles. The van der Waals surface area contributed by atoms with Gasteiger partial charge in [-0.3, -0.25) is 0 Å². The predicted octanol–water partition coefficient (Wildman–Crippen LogP) is 2.43. The van der Waals surface area contributed by atoms with Crippen molar-refractivity contribution >= 4 is 45.5 Å². The maximum Gasteiger partial charge on any atom is 0.216 e. The zero-order chi connectivity index (χ0) is 13.0. The molecule has 2 N–H and O–H groups in total. The quantitative estimate of drug-likeness (QED) is 0.638. The van der Waals surface area contributed by atoms with Gasteiger partial charge in [0.1, 0.15) is 11.6 Å². The number of nitriles is 1. The summed E-state index contributed by atoms with van der Waals surface area (Å²) in [5.41, 5.74) is 1.05. The number of aromatic amines is 1. The van der Waals surface area contributed by atoms with E-state index in [-0.39, 0.29) is 11.4 Å². The van der Waals surface area contributed by atoms with Crippen LogP contribution in [0.3, 0.4) is 0 Å². The number of benzene rings is 1. The van der Waals surface area contributed by atoms with Crippen LogP contribution in [-0.4, -0.2) is 20.6 Å². The van der Waals surface area contributed by atoms with Crippen LogP contribution >= 0.6 is 34.2 Å². The Bertz CT molecular complexity index is 616. The van der Waals surface area contributed by atoms with Crippen molar-refractivity contribution in [1.29, 1.82) is 5.26 Å². The van der Waals surface area contributed by atoms with E-state index in [2.05, 4.69) is 48.5 Å². The molecule has 0 fully saturated rings. The van der Waals surface area contributed by atoms with Gasteiger partial charge in [0.25, 0.3) is 0 Å². The first-order chi connectivity index (χ1) is 8.70. The number of H-pyrrole nitrogens is 1. The number of nitrogens with zero attached hydrogens (tertiary/aromatic N) is 4. The Labute approximate surface area is 121 Å². The van der Waals surface area contributed by atoms with Crippen molar-refractivity contribution in [1.82, 2.24) is 20.6 Å². The van der Waals surface area contributed by atoms with Gasteiger partial charge in [-0.1, -0.05) is 11.6 Å². The van der Waals surface area contributed by atoms with E-state index in [1.165, 1.54) is 6.20 Å². The molecule has 6 nitrogen and oxygen atoms in total. The van der Waals surface area contributed by atoms with Crippen LogP contribution in [-0.2, 0) is 0 Å². The maximum atomic E-state index is 8.97. The number of hydrogen-bond donors (Lipinski definition) is 2. The van der Waals surface area contributed by atoms with Gasteiger partial charge in [0.05, 0.1) is 5.02 Å². The van der Waals surface area contributed by atoms with Crippen LogP contribution in [0.2, 0.25) is 5.02 Å². The highest BCUT2D eigenvalue weighted by molar-refractivity contribution is 14.1. The summed E-state index contributed by atoms with van der Waals surface area (Å²) >= 11 is 8.13. The molecule has 0 unspecified atom stereocenters. The molecule has 1 heterocycles. The number of allylic oxidation sites excluding steroid dienone is 1. The minimum Gasteiger partial charge on any atom is -0.360 e. The molecule has 0 saturated carbocycles. The highest BCUT2D eigenvalue weighted by Crippen LogP contribution is 2.22. The third kappa shape index (κ3) is 2.96. The first-order valence-corrected chi connectivity index (χ1v) is 6.22. The van der Waals surface area contributed by atoms with E-state index in [9.17, 15) is 0 Å². The van der Waals surface area contributed by atoms with Crippen LogP contribution in [0.1, 0.15) is 5.82 Å². The van der Waals surface area contributed by atoms with Crippen LogP contribution in [0.15, 0.2) is 24.4 Å². The molecule has 2 aromatic rings. The van der Waals surface area contributed by atoms with Gasteiger partial charge in [0, 0.05) is 15.5 Å². The second-order valence-corrected chi connectivity index (χ2v) is 4.75. The van der Waals surface area contributed by atoms with Crippen molar-refractivity contribution in [3.8, 4) is 6.07 Å². The molecule has 2 rings (SSSR count). The van der Waals surface area contributed by atoms with Crippen molar-refractivity contribution in [3.05, 3.63) is 38.8 Å². The van der Waals surface area contributed by atoms with Crippen molar-refractivity contribution in [2.75, 3.05) is 5.32 Å². The predicted molar refractivity (Wildman–Crippen MR) is 75.6 cm³/mol. The minimum atomic E-state index is 0.238. The molecule has 0 atom stereocenters. The fourth-order valence-electron chi connectivity index (χ4n) is 1.16. The average Bonchev–Trinajstić information content (AvgIpc) is 2.88. The molecule has 0 bridgehead atoms. The standard InChI is InChI=1S/C10H6ClIN6/c11-8-3-7(1-2-9(8)12)14-5-6(4-13)10-15-17-18-16-10/h1-3,5,14H,(H,15,16,17,18). The summed E-state index contributed by atoms with van der Waals surface area (Å²) in [6.45, 7) is 0. The monoisotopic (exact) mass is 372 g/mol. The van der Waals surface area contributed by atoms with Gasteiger partial charge in [0.15, 0.2) is 0 Å². The summed E-state index contributed by atoms with van der Waals surface area (Å²) in [4.78, 5) is 0. The number of anilines is 1. The summed E-state index contributed by atoms with van der Waals surface area (Å²) < 4.78 is 0.961. The van der Waals surface area contributed by atoms with Crippen LogP contribution in [0, 0.1) is 14.9 Å². The topological polar surface area (TPSA) is 90.3 Å². The number of halogens is 2. The first kappa shape index (κ1) is 12.8. The Hall–Kier alpha value is -1.66. The molecular weight excluding hydrogens is 367 g/mol.